The number of rotatable bonds is 8. The lowest BCUT2D eigenvalue weighted by Gasteiger charge is -1.97. The van der Waals surface area contributed by atoms with E-state index in [1.807, 2.05) is 30.7 Å². The second kappa shape index (κ2) is 21.1. The Hall–Kier alpha value is -5.70. The Labute approximate surface area is 258 Å². The van der Waals surface area contributed by atoms with Gasteiger partial charge in [-0.2, -0.15) is 0 Å². The number of allylic oxidation sites excluding steroid dienone is 1. The predicted molar refractivity (Wildman–Crippen MR) is 172 cm³/mol. The third-order valence-electron chi connectivity index (χ3n) is 5.64. The smallest absolute Gasteiger partial charge is 0.170 e. The van der Waals surface area contributed by atoms with Crippen molar-refractivity contribution in [1.29, 1.82) is 0 Å². The van der Waals surface area contributed by atoms with Crippen LogP contribution in [0, 0.1) is 6.92 Å². The number of carbonyl (C=O) groups excluding carboxylic acids is 4. The van der Waals surface area contributed by atoms with Crippen LogP contribution in [0.2, 0.25) is 0 Å². The zero-order valence-corrected chi connectivity index (χ0v) is 24.1. The van der Waals surface area contributed by atoms with Crippen molar-refractivity contribution < 1.29 is 19.2 Å². The van der Waals surface area contributed by atoms with Crippen molar-refractivity contribution in [1.82, 2.24) is 24.9 Å². The van der Waals surface area contributed by atoms with Crippen molar-refractivity contribution in [3.05, 3.63) is 145 Å². The van der Waals surface area contributed by atoms with Crippen LogP contribution in [0.1, 0.15) is 64.0 Å². The van der Waals surface area contributed by atoms with E-state index in [9.17, 15) is 19.2 Å². The number of pyridine rings is 4. The molecule has 5 heterocycles. The number of aryl methyl sites for hydroxylation is 1. The molecule has 9 nitrogen and oxygen atoms in total. The van der Waals surface area contributed by atoms with Gasteiger partial charge in [0.1, 0.15) is 6.29 Å². The average molecular weight is 592 g/mol. The highest BCUT2D eigenvalue weighted by Crippen LogP contribution is 2.20. The summed E-state index contributed by atoms with van der Waals surface area (Å²) in [5.41, 5.74) is 5.60. The molecule has 0 spiro atoms. The van der Waals surface area contributed by atoms with Crippen LogP contribution >= 0.6 is 0 Å². The van der Waals surface area contributed by atoms with Crippen LogP contribution in [0.15, 0.2) is 123 Å². The fourth-order valence-corrected chi connectivity index (χ4v) is 3.40. The zero-order chi connectivity index (χ0) is 31.3. The van der Waals surface area contributed by atoms with Gasteiger partial charge in [-0.15, -0.1) is 6.58 Å². The number of H-pyrrole nitrogens is 1. The molecule has 5 rings (SSSR count). The van der Waals surface area contributed by atoms with Crippen LogP contribution in [0.25, 0.3) is 11.1 Å². The normalized spacial score (nSPS) is 9.14. The molecule has 0 aliphatic carbocycles. The van der Waals surface area contributed by atoms with Gasteiger partial charge >= 0.3 is 0 Å². The Morgan fingerprint density at radius 1 is 0.682 bits per heavy atom. The largest absolute Gasteiger partial charge is 0.365 e. The number of aromatic nitrogens is 5. The van der Waals surface area contributed by atoms with E-state index >= 15 is 0 Å². The number of hydrogen-bond acceptors (Lipinski definition) is 8. The SMILES string of the molecule is C.C=CCC(=O)c1ccncc1.CC(=O)c1ccncc1.Cc1[nH]ccc1-c1ccncc1.O=CCC(=O)c1ccncc1. The summed E-state index contributed by atoms with van der Waals surface area (Å²) >= 11 is 0. The first kappa shape index (κ1) is 36.3. The van der Waals surface area contributed by atoms with Gasteiger partial charge in [-0.1, -0.05) is 13.5 Å². The molecular weight excluding hydrogens is 554 g/mol. The molecule has 9 heteroatoms. The number of hydrogen-bond donors (Lipinski definition) is 1. The summed E-state index contributed by atoms with van der Waals surface area (Å²) in [6.45, 7) is 7.09. The number of aldehydes is 1. The number of ketones is 3. The van der Waals surface area contributed by atoms with E-state index in [1.54, 1.807) is 67.3 Å². The lowest BCUT2D eigenvalue weighted by molar-refractivity contribution is -0.107. The second-order valence-electron chi connectivity index (χ2n) is 8.73. The molecule has 5 aromatic heterocycles. The molecule has 0 amide bonds. The van der Waals surface area contributed by atoms with Crippen LogP contribution in [0.4, 0.5) is 0 Å². The lowest BCUT2D eigenvalue weighted by Crippen LogP contribution is -1.98. The van der Waals surface area contributed by atoms with Crippen molar-refractivity contribution in [2.24, 2.45) is 0 Å². The second-order valence-corrected chi connectivity index (χ2v) is 8.73. The minimum absolute atomic E-state index is 0. The molecule has 44 heavy (non-hydrogen) atoms. The summed E-state index contributed by atoms with van der Waals surface area (Å²) in [7, 11) is 0. The monoisotopic (exact) mass is 591 g/mol. The van der Waals surface area contributed by atoms with E-state index < -0.39 is 0 Å². The fraction of sp³-hybridized carbons (Fsp3) is 0.143. The van der Waals surface area contributed by atoms with Gasteiger partial charge in [0.2, 0.25) is 0 Å². The number of nitrogens with one attached hydrogen (secondary N) is 1. The molecule has 0 bridgehead atoms. The molecule has 0 saturated heterocycles. The highest BCUT2D eigenvalue weighted by molar-refractivity contribution is 6.02. The quantitative estimate of drug-likeness (QED) is 0.0882. The van der Waals surface area contributed by atoms with Crippen LogP contribution in [0.3, 0.4) is 0 Å². The Balaban J connectivity index is 0.000000293. The molecule has 0 atom stereocenters. The van der Waals surface area contributed by atoms with E-state index in [4.69, 9.17) is 0 Å². The van der Waals surface area contributed by atoms with Gasteiger partial charge in [0.05, 0.1) is 6.42 Å². The Morgan fingerprint density at radius 3 is 1.43 bits per heavy atom. The predicted octanol–water partition coefficient (Wildman–Crippen LogP) is 7.00. The van der Waals surface area contributed by atoms with E-state index in [0.29, 0.717) is 29.4 Å². The summed E-state index contributed by atoms with van der Waals surface area (Å²) in [6.07, 6.45) is 17.6. The van der Waals surface area contributed by atoms with Gasteiger partial charge in [0, 0.05) is 90.1 Å². The molecule has 0 aliphatic heterocycles. The van der Waals surface area contributed by atoms with E-state index in [1.165, 1.54) is 36.1 Å². The van der Waals surface area contributed by atoms with Crippen molar-refractivity contribution >= 4 is 23.6 Å². The fourth-order valence-electron chi connectivity index (χ4n) is 3.40. The van der Waals surface area contributed by atoms with E-state index in [-0.39, 0.29) is 31.2 Å². The molecule has 0 fully saturated rings. The topological polar surface area (TPSA) is 136 Å². The van der Waals surface area contributed by atoms with Crippen LogP contribution in [-0.2, 0) is 4.79 Å². The lowest BCUT2D eigenvalue weighted by atomic mass is 10.1. The van der Waals surface area contributed by atoms with Gasteiger partial charge in [-0.3, -0.25) is 34.3 Å². The third kappa shape index (κ3) is 13.3. The van der Waals surface area contributed by atoms with Crippen molar-refractivity contribution in [2.75, 3.05) is 0 Å². The highest BCUT2D eigenvalue weighted by atomic mass is 16.1. The minimum Gasteiger partial charge on any atom is -0.365 e. The van der Waals surface area contributed by atoms with Crippen molar-refractivity contribution in [2.45, 2.75) is 34.1 Å². The van der Waals surface area contributed by atoms with Crippen LogP contribution in [0.5, 0.6) is 0 Å². The molecule has 226 valence electrons. The molecule has 0 saturated carbocycles. The van der Waals surface area contributed by atoms with Crippen LogP contribution in [-0.4, -0.2) is 48.6 Å². The number of Topliss-reactive ketones (excluding diaryl/α,β-unsaturated/α-hetero) is 3. The first-order chi connectivity index (χ1) is 20.9. The van der Waals surface area contributed by atoms with Crippen molar-refractivity contribution in [3.63, 3.8) is 0 Å². The maximum atomic E-state index is 11.1. The molecule has 0 aromatic carbocycles. The molecule has 5 aromatic rings. The summed E-state index contributed by atoms with van der Waals surface area (Å²) in [5.74, 6) is 0.00204. The van der Waals surface area contributed by atoms with Gasteiger partial charge in [-0.25, -0.2) is 0 Å². The maximum Gasteiger partial charge on any atom is 0.170 e. The minimum atomic E-state index is -0.164. The Morgan fingerprint density at radius 2 is 1.09 bits per heavy atom. The maximum absolute atomic E-state index is 11.1. The Bertz CT molecular complexity index is 1500. The van der Waals surface area contributed by atoms with Gasteiger partial charge in [0.25, 0.3) is 0 Å². The van der Waals surface area contributed by atoms with E-state index in [2.05, 4.69) is 44.5 Å². The molecule has 0 unspecified atom stereocenters. The number of carbonyl (C=O) groups is 4. The highest BCUT2D eigenvalue weighted by Gasteiger charge is 2.03. The summed E-state index contributed by atoms with van der Waals surface area (Å²) in [4.78, 5) is 61.2. The van der Waals surface area contributed by atoms with Gasteiger partial charge < -0.3 is 9.78 Å². The standard InChI is InChI=1S/C10H10N2.C9H9NO.C8H7NO2.C7H7NO.CH4/c1-8-10(4-7-12-8)9-2-5-11-6-3-9;1-2-3-9(11)8-4-6-10-7-5-8;10-6-3-8(11)7-1-4-9-5-2-7;1-6(9)7-2-4-8-5-3-7;/h2-7,12H,1H3;2,4-7H,1,3H2;1-2,4-6H,3H2;2-5H,1H3;1H4. The van der Waals surface area contributed by atoms with Gasteiger partial charge in [0.15, 0.2) is 17.3 Å². The molecule has 0 aliphatic rings. The van der Waals surface area contributed by atoms with Crippen LogP contribution < -0.4 is 0 Å². The summed E-state index contributed by atoms with van der Waals surface area (Å²) < 4.78 is 0. The molecule has 0 radical (unpaired) electrons. The summed E-state index contributed by atoms with van der Waals surface area (Å²) in [6, 6.07) is 16.1. The number of nitrogens with zero attached hydrogens (tertiary/aromatic N) is 4. The van der Waals surface area contributed by atoms with E-state index in [0.717, 1.165) is 0 Å². The number of aromatic amines is 1. The Kier molecular flexibility index (Phi) is 17.4. The average Bonchev–Trinajstić information content (AvgIpc) is 3.49. The first-order valence-electron chi connectivity index (χ1n) is 13.2. The molecular formula is C35H37N5O4. The first-order valence-corrected chi connectivity index (χ1v) is 13.2. The zero-order valence-electron chi connectivity index (χ0n) is 24.1. The van der Waals surface area contributed by atoms with Crippen molar-refractivity contribution in [3.8, 4) is 11.1 Å². The molecule has 1 N–H and O–H groups in total. The van der Waals surface area contributed by atoms with Gasteiger partial charge in [-0.05, 0) is 74.0 Å². The summed E-state index contributed by atoms with van der Waals surface area (Å²) in [5, 5.41) is 0. The third-order valence-corrected chi connectivity index (χ3v) is 5.64.